The van der Waals surface area contributed by atoms with Crippen LogP contribution in [0.1, 0.15) is 47.8 Å². The summed E-state index contributed by atoms with van der Waals surface area (Å²) >= 11 is 0. The number of amides is 1. The minimum Gasteiger partial charge on any atom is -0.480 e. The summed E-state index contributed by atoms with van der Waals surface area (Å²) in [7, 11) is 2.11. The van der Waals surface area contributed by atoms with E-state index in [0.29, 0.717) is 18.0 Å². The molecule has 4 rings (SSSR count). The van der Waals surface area contributed by atoms with Gasteiger partial charge in [0.1, 0.15) is 6.54 Å². The van der Waals surface area contributed by atoms with Crippen molar-refractivity contribution in [2.75, 3.05) is 26.3 Å². The molecule has 1 aliphatic heterocycles. The second-order valence-corrected chi connectivity index (χ2v) is 8.38. The molecule has 1 N–H and O–H groups in total. The minimum absolute atomic E-state index is 0.216. The van der Waals surface area contributed by atoms with Crippen LogP contribution in [-0.4, -0.2) is 52.8 Å². The summed E-state index contributed by atoms with van der Waals surface area (Å²) in [6.07, 6.45) is 5.65. The van der Waals surface area contributed by atoms with Gasteiger partial charge in [0.25, 0.3) is 5.91 Å². The number of benzene rings is 1. The quantitative estimate of drug-likeness (QED) is 0.839. The summed E-state index contributed by atoms with van der Waals surface area (Å²) in [4.78, 5) is 25.4. The van der Waals surface area contributed by atoms with Crippen molar-refractivity contribution in [1.29, 1.82) is 0 Å². The van der Waals surface area contributed by atoms with E-state index in [1.54, 1.807) is 0 Å². The van der Waals surface area contributed by atoms with Crippen molar-refractivity contribution in [1.82, 2.24) is 9.47 Å². The highest BCUT2D eigenvalue weighted by molar-refractivity contribution is 6.00. The Balaban J connectivity index is 1.66. The van der Waals surface area contributed by atoms with E-state index in [-0.39, 0.29) is 12.5 Å². The highest BCUT2D eigenvalue weighted by Gasteiger charge is 2.31. The smallest absolute Gasteiger partial charge is 0.323 e. The number of aryl methyl sites for hydroxylation is 1. The fraction of sp³-hybridized carbons (Fsp3) is 0.565. The number of rotatable bonds is 5. The number of carboxylic acids is 1. The third-order valence-electron chi connectivity index (χ3n) is 6.83. The fourth-order valence-electron chi connectivity index (χ4n) is 5.20. The van der Waals surface area contributed by atoms with Crippen molar-refractivity contribution < 1.29 is 19.4 Å². The molecule has 1 saturated heterocycles. The second kappa shape index (κ2) is 8.19. The van der Waals surface area contributed by atoms with Crippen molar-refractivity contribution in [3.8, 4) is 0 Å². The van der Waals surface area contributed by atoms with E-state index in [2.05, 4.69) is 11.6 Å². The second-order valence-electron chi connectivity index (χ2n) is 8.38. The van der Waals surface area contributed by atoms with Gasteiger partial charge < -0.3 is 19.3 Å². The van der Waals surface area contributed by atoms with Crippen molar-refractivity contribution in [2.24, 2.45) is 18.9 Å². The molecule has 156 valence electrons. The zero-order chi connectivity index (χ0) is 20.5. The number of ether oxygens (including phenoxy) is 1. The molecule has 1 fully saturated rings. The first-order chi connectivity index (χ1) is 14.0. The van der Waals surface area contributed by atoms with E-state index in [4.69, 9.17) is 9.84 Å². The van der Waals surface area contributed by atoms with Crippen LogP contribution in [0.25, 0.3) is 10.9 Å². The lowest BCUT2D eigenvalue weighted by molar-refractivity contribution is -0.137. The van der Waals surface area contributed by atoms with Gasteiger partial charge in [0.2, 0.25) is 0 Å². The number of hydrogen-bond donors (Lipinski definition) is 1. The molecule has 2 aliphatic rings. The SMILES string of the molecule is CCN(CC(=O)O)C(=O)c1ccc2c(c1)c1c(n2C)CCC(C2CCOCC2)C1. The molecule has 2 heterocycles. The first-order valence-corrected chi connectivity index (χ1v) is 10.7. The van der Waals surface area contributed by atoms with Crippen molar-refractivity contribution in [3.63, 3.8) is 0 Å². The van der Waals surface area contributed by atoms with Gasteiger partial charge in [-0.3, -0.25) is 9.59 Å². The fourth-order valence-corrected chi connectivity index (χ4v) is 5.20. The Morgan fingerprint density at radius 1 is 1.21 bits per heavy atom. The van der Waals surface area contributed by atoms with Crippen LogP contribution in [0.15, 0.2) is 18.2 Å². The molecule has 0 radical (unpaired) electrons. The number of carboxylic acid groups (broad SMARTS) is 1. The molecule has 1 amide bonds. The lowest BCUT2D eigenvalue weighted by Gasteiger charge is -2.33. The summed E-state index contributed by atoms with van der Waals surface area (Å²) in [6.45, 7) is 3.66. The standard InChI is InChI=1S/C23H30N2O4/c1-3-25(14-22(26)27)23(28)17-5-7-21-19(13-17)18-12-16(4-6-20(18)24(21)2)15-8-10-29-11-9-15/h5,7,13,15-16H,3-4,6,8-12,14H2,1-2H3,(H,26,27). The minimum atomic E-state index is -0.988. The molecule has 0 spiro atoms. The molecular weight excluding hydrogens is 368 g/mol. The number of likely N-dealkylation sites (N-methyl/N-ethyl adjacent to an activating group) is 1. The van der Waals surface area contributed by atoms with Gasteiger partial charge in [-0.2, -0.15) is 0 Å². The maximum absolute atomic E-state index is 12.9. The average Bonchev–Trinajstić information content (AvgIpc) is 3.03. The third-order valence-corrected chi connectivity index (χ3v) is 6.83. The largest absolute Gasteiger partial charge is 0.480 e. The van der Waals surface area contributed by atoms with Crippen LogP contribution in [0.2, 0.25) is 0 Å². The van der Waals surface area contributed by atoms with Gasteiger partial charge in [0.15, 0.2) is 0 Å². The normalized spacial score (nSPS) is 19.9. The van der Waals surface area contributed by atoms with E-state index >= 15 is 0 Å². The maximum Gasteiger partial charge on any atom is 0.323 e. The van der Waals surface area contributed by atoms with Crippen LogP contribution in [0.3, 0.4) is 0 Å². The Kier molecular flexibility index (Phi) is 5.63. The predicted molar refractivity (Wildman–Crippen MR) is 111 cm³/mol. The summed E-state index contributed by atoms with van der Waals surface area (Å²) in [5.74, 6) is 0.197. The summed E-state index contributed by atoms with van der Waals surface area (Å²) in [6, 6.07) is 5.82. The van der Waals surface area contributed by atoms with Crippen molar-refractivity contribution >= 4 is 22.8 Å². The molecule has 0 saturated carbocycles. The number of hydrogen-bond acceptors (Lipinski definition) is 3. The summed E-state index contributed by atoms with van der Waals surface area (Å²) in [5.41, 5.74) is 4.48. The van der Waals surface area contributed by atoms with Gasteiger partial charge in [0.05, 0.1) is 0 Å². The van der Waals surface area contributed by atoms with Crippen molar-refractivity contribution in [3.05, 3.63) is 35.0 Å². The zero-order valence-electron chi connectivity index (χ0n) is 17.3. The molecule has 6 heteroatoms. The Morgan fingerprint density at radius 3 is 2.66 bits per heavy atom. The van der Waals surface area contributed by atoms with Crippen LogP contribution in [-0.2, 0) is 29.4 Å². The Bertz CT molecular complexity index is 927. The van der Waals surface area contributed by atoms with Gasteiger partial charge in [-0.1, -0.05) is 0 Å². The molecule has 6 nitrogen and oxygen atoms in total. The van der Waals surface area contributed by atoms with E-state index < -0.39 is 5.97 Å². The number of carbonyl (C=O) groups is 2. The lowest BCUT2D eigenvalue weighted by Crippen LogP contribution is -2.35. The lowest BCUT2D eigenvalue weighted by atomic mass is 9.75. The number of carbonyl (C=O) groups excluding carboxylic acids is 1. The van der Waals surface area contributed by atoms with Crippen LogP contribution in [0.5, 0.6) is 0 Å². The first-order valence-electron chi connectivity index (χ1n) is 10.7. The van der Waals surface area contributed by atoms with E-state index in [0.717, 1.165) is 55.7 Å². The van der Waals surface area contributed by atoms with Gasteiger partial charge in [0, 0.05) is 49.0 Å². The molecule has 2 aromatic rings. The van der Waals surface area contributed by atoms with Gasteiger partial charge >= 0.3 is 5.97 Å². The molecule has 0 bridgehead atoms. The van der Waals surface area contributed by atoms with Crippen molar-refractivity contribution in [2.45, 2.75) is 39.0 Å². The molecule has 1 unspecified atom stereocenters. The molecular formula is C23H30N2O4. The highest BCUT2D eigenvalue weighted by Crippen LogP contribution is 2.39. The molecule has 1 aromatic carbocycles. The number of aliphatic carboxylic acids is 1. The molecule has 1 atom stereocenters. The highest BCUT2D eigenvalue weighted by atomic mass is 16.5. The van der Waals surface area contributed by atoms with Gasteiger partial charge in [-0.05, 0) is 74.6 Å². The van der Waals surface area contributed by atoms with E-state index in [1.807, 2.05) is 25.1 Å². The Labute approximate surface area is 171 Å². The van der Waals surface area contributed by atoms with E-state index in [9.17, 15) is 9.59 Å². The molecule has 1 aliphatic carbocycles. The topological polar surface area (TPSA) is 71.8 Å². The third kappa shape index (κ3) is 3.78. The summed E-state index contributed by atoms with van der Waals surface area (Å²) in [5, 5.41) is 10.2. The van der Waals surface area contributed by atoms with Crippen LogP contribution in [0, 0.1) is 11.8 Å². The maximum atomic E-state index is 12.9. The van der Waals surface area contributed by atoms with Gasteiger partial charge in [-0.15, -0.1) is 0 Å². The van der Waals surface area contributed by atoms with Crippen LogP contribution >= 0.6 is 0 Å². The molecule has 29 heavy (non-hydrogen) atoms. The van der Waals surface area contributed by atoms with Gasteiger partial charge in [-0.25, -0.2) is 0 Å². The zero-order valence-corrected chi connectivity index (χ0v) is 17.3. The van der Waals surface area contributed by atoms with E-state index in [1.165, 1.54) is 22.6 Å². The first kappa shape index (κ1) is 20.0. The number of fused-ring (bicyclic) bond motifs is 3. The predicted octanol–water partition coefficient (Wildman–Crippen LogP) is 3.26. The number of nitrogens with zero attached hydrogens (tertiary/aromatic N) is 2. The average molecular weight is 399 g/mol. The van der Waals surface area contributed by atoms with Crippen LogP contribution < -0.4 is 0 Å². The Morgan fingerprint density at radius 2 is 1.97 bits per heavy atom. The molecule has 1 aromatic heterocycles. The summed E-state index contributed by atoms with van der Waals surface area (Å²) < 4.78 is 7.82. The Hall–Kier alpha value is -2.34. The van der Waals surface area contributed by atoms with Crippen LogP contribution in [0.4, 0.5) is 0 Å². The monoisotopic (exact) mass is 398 g/mol. The number of aromatic nitrogens is 1.